The first-order valence-electron chi connectivity index (χ1n) is 5.72. The highest BCUT2D eigenvalue weighted by atomic mass is 35.5. The van der Waals surface area contributed by atoms with Crippen molar-refractivity contribution < 1.29 is 8.42 Å². The van der Waals surface area contributed by atoms with E-state index < -0.39 is 10.0 Å². The van der Waals surface area contributed by atoms with Crippen LogP contribution in [0.1, 0.15) is 19.3 Å². The van der Waals surface area contributed by atoms with Crippen molar-refractivity contribution in [2.45, 2.75) is 30.2 Å². The summed E-state index contributed by atoms with van der Waals surface area (Å²) in [6, 6.07) is 4.94. The number of anilines is 1. The topological polar surface area (TPSA) is 70.6 Å². The van der Waals surface area contributed by atoms with Crippen LogP contribution in [0.2, 0.25) is 5.02 Å². The lowest BCUT2D eigenvalue weighted by Gasteiger charge is -2.26. The summed E-state index contributed by atoms with van der Waals surface area (Å²) < 4.78 is 26.5. The zero-order valence-corrected chi connectivity index (χ0v) is 11.1. The first-order chi connectivity index (χ1) is 8.54. The van der Waals surface area contributed by atoms with Crippen LogP contribution in [0, 0.1) is 0 Å². The summed E-state index contributed by atoms with van der Waals surface area (Å²) >= 11 is 5.81. The number of halogens is 1. The molecule has 0 atom stereocenters. The predicted molar refractivity (Wildman–Crippen MR) is 70.5 cm³/mol. The number of benzene rings is 1. The Hall–Kier alpha value is -1.27. The molecule has 1 aliphatic carbocycles. The van der Waals surface area contributed by atoms with Crippen molar-refractivity contribution >= 4 is 33.3 Å². The van der Waals surface area contributed by atoms with Gasteiger partial charge in [-0.25, -0.2) is 18.1 Å². The Bertz CT molecular complexity index is 623. The molecule has 96 valence electrons. The Morgan fingerprint density at radius 3 is 2.78 bits per heavy atom. The second-order valence-corrected chi connectivity index (χ2v) is 6.52. The number of hydrogen-bond acceptors (Lipinski definition) is 3. The minimum Gasteiger partial charge on any atom is -0.324 e. The van der Waals surface area contributed by atoms with E-state index in [4.69, 9.17) is 11.6 Å². The van der Waals surface area contributed by atoms with Gasteiger partial charge in [-0.3, -0.25) is 0 Å². The van der Waals surface area contributed by atoms with Gasteiger partial charge in [-0.1, -0.05) is 11.6 Å². The molecule has 0 spiro atoms. The number of fused-ring (bicyclic) bond motifs is 1. The normalized spacial score (nSPS) is 23.7. The predicted octanol–water partition coefficient (Wildman–Crippen LogP) is 1.95. The van der Waals surface area contributed by atoms with Crippen molar-refractivity contribution in [1.82, 2.24) is 4.72 Å². The van der Waals surface area contributed by atoms with Crippen LogP contribution in [-0.4, -0.2) is 20.4 Å². The highest BCUT2D eigenvalue weighted by Crippen LogP contribution is 2.28. The van der Waals surface area contributed by atoms with Crippen LogP contribution in [0.4, 0.5) is 5.69 Å². The van der Waals surface area contributed by atoms with E-state index >= 15 is 0 Å². The van der Waals surface area contributed by atoms with E-state index in [1.165, 1.54) is 6.07 Å². The monoisotopic (exact) mass is 285 g/mol. The Morgan fingerprint density at radius 2 is 2.11 bits per heavy atom. The van der Waals surface area contributed by atoms with Gasteiger partial charge in [0.2, 0.25) is 5.96 Å². The summed E-state index contributed by atoms with van der Waals surface area (Å²) in [6.45, 7) is 0. The van der Waals surface area contributed by atoms with Crippen LogP contribution < -0.4 is 10.0 Å². The molecule has 0 aromatic heterocycles. The molecule has 5 nitrogen and oxygen atoms in total. The van der Waals surface area contributed by atoms with Gasteiger partial charge < -0.3 is 5.32 Å². The molecule has 1 aromatic carbocycles. The van der Waals surface area contributed by atoms with Crippen molar-refractivity contribution in [2.24, 2.45) is 4.99 Å². The van der Waals surface area contributed by atoms with Crippen molar-refractivity contribution in [3.05, 3.63) is 23.2 Å². The van der Waals surface area contributed by atoms with Crippen LogP contribution in [0.3, 0.4) is 0 Å². The lowest BCUT2D eigenvalue weighted by Crippen LogP contribution is -2.42. The molecule has 7 heteroatoms. The maximum Gasteiger partial charge on any atom is 0.266 e. The third-order valence-electron chi connectivity index (χ3n) is 3.10. The van der Waals surface area contributed by atoms with Gasteiger partial charge in [0.25, 0.3) is 10.0 Å². The van der Waals surface area contributed by atoms with Crippen LogP contribution in [-0.2, 0) is 10.0 Å². The molecule has 0 saturated heterocycles. The highest BCUT2D eigenvalue weighted by molar-refractivity contribution is 7.90. The van der Waals surface area contributed by atoms with Gasteiger partial charge in [-0.05, 0) is 37.5 Å². The van der Waals surface area contributed by atoms with Crippen molar-refractivity contribution in [3.8, 4) is 0 Å². The molecule has 1 saturated carbocycles. The number of nitrogens with zero attached hydrogens (tertiary/aromatic N) is 1. The zero-order chi connectivity index (χ0) is 12.8. The van der Waals surface area contributed by atoms with Crippen molar-refractivity contribution in [2.75, 3.05) is 5.32 Å². The molecule has 1 heterocycles. The fraction of sp³-hybridized carbons (Fsp3) is 0.364. The van der Waals surface area contributed by atoms with Crippen LogP contribution in [0.5, 0.6) is 0 Å². The van der Waals surface area contributed by atoms with E-state index in [1.807, 2.05) is 0 Å². The summed E-state index contributed by atoms with van der Waals surface area (Å²) in [5.41, 5.74) is 0.510. The van der Waals surface area contributed by atoms with Crippen LogP contribution >= 0.6 is 11.6 Å². The van der Waals surface area contributed by atoms with Gasteiger partial charge in [0, 0.05) is 5.02 Å². The smallest absolute Gasteiger partial charge is 0.266 e. The van der Waals surface area contributed by atoms with Gasteiger partial charge in [-0.2, -0.15) is 0 Å². The minimum absolute atomic E-state index is 0.155. The number of nitrogens with one attached hydrogen (secondary N) is 2. The molecule has 1 aliphatic heterocycles. The Labute approximate surface area is 110 Å². The second-order valence-electron chi connectivity index (χ2n) is 4.43. The molecule has 18 heavy (non-hydrogen) atoms. The summed E-state index contributed by atoms with van der Waals surface area (Å²) in [5.74, 6) is 0.300. The van der Waals surface area contributed by atoms with Gasteiger partial charge in [0.1, 0.15) is 4.90 Å². The van der Waals surface area contributed by atoms with Crippen molar-refractivity contribution in [1.29, 1.82) is 0 Å². The molecular weight excluding hydrogens is 274 g/mol. The van der Waals surface area contributed by atoms with E-state index in [0.717, 1.165) is 19.3 Å². The van der Waals surface area contributed by atoms with E-state index in [-0.39, 0.29) is 10.9 Å². The molecule has 1 fully saturated rings. The van der Waals surface area contributed by atoms with E-state index in [9.17, 15) is 8.42 Å². The first kappa shape index (κ1) is 11.8. The molecule has 2 N–H and O–H groups in total. The molecule has 2 aliphatic rings. The van der Waals surface area contributed by atoms with Crippen LogP contribution in [0.25, 0.3) is 0 Å². The number of aliphatic imine (C=N–C) groups is 1. The standard InChI is InChI=1S/C11H12ClN3O2S/c12-7-4-5-9-10(6-7)18(16,17)15-11(14-9)13-8-2-1-3-8/h4-6,8H,1-3H2,(H2,13,14,15). The Balaban J connectivity index is 2.00. The zero-order valence-electron chi connectivity index (χ0n) is 9.48. The first-order valence-corrected chi connectivity index (χ1v) is 7.58. The number of guanidine groups is 1. The third-order valence-corrected chi connectivity index (χ3v) is 4.72. The average molecular weight is 286 g/mol. The lowest BCUT2D eigenvalue weighted by atomic mass is 9.94. The Kier molecular flexibility index (Phi) is 2.71. The lowest BCUT2D eigenvalue weighted by molar-refractivity contribution is 0.419. The maximum absolute atomic E-state index is 12.0. The average Bonchev–Trinajstić information content (AvgIpc) is 2.24. The largest absolute Gasteiger partial charge is 0.324 e. The summed E-state index contributed by atoms with van der Waals surface area (Å²) in [6.07, 6.45) is 3.18. The number of hydrogen-bond donors (Lipinski definition) is 2. The summed E-state index contributed by atoms with van der Waals surface area (Å²) in [5, 5.41) is 3.37. The summed E-state index contributed by atoms with van der Waals surface area (Å²) in [7, 11) is -3.57. The molecular formula is C11H12ClN3O2S. The molecule has 1 aromatic rings. The number of sulfonamides is 1. The highest BCUT2D eigenvalue weighted by Gasteiger charge is 2.28. The van der Waals surface area contributed by atoms with Gasteiger partial charge in [0.05, 0.1) is 11.7 Å². The van der Waals surface area contributed by atoms with E-state index in [1.54, 1.807) is 12.1 Å². The van der Waals surface area contributed by atoms with Gasteiger partial charge in [0.15, 0.2) is 0 Å². The number of rotatable bonds is 1. The maximum atomic E-state index is 12.0. The van der Waals surface area contributed by atoms with Crippen LogP contribution in [0.15, 0.2) is 28.1 Å². The van der Waals surface area contributed by atoms with Gasteiger partial charge in [-0.15, -0.1) is 0 Å². The Morgan fingerprint density at radius 1 is 1.33 bits per heavy atom. The fourth-order valence-electron chi connectivity index (χ4n) is 1.91. The molecule has 0 bridgehead atoms. The third kappa shape index (κ3) is 2.06. The molecule has 0 radical (unpaired) electrons. The van der Waals surface area contributed by atoms with Crippen molar-refractivity contribution in [3.63, 3.8) is 0 Å². The SMILES string of the molecule is O=S1(=O)NC(=NC2CCC2)Nc2ccc(Cl)cc21. The second kappa shape index (κ2) is 4.13. The summed E-state index contributed by atoms with van der Waals surface area (Å²) in [4.78, 5) is 4.50. The molecule has 0 amide bonds. The quantitative estimate of drug-likeness (QED) is 0.828. The molecule has 3 rings (SSSR count). The van der Waals surface area contributed by atoms with Gasteiger partial charge >= 0.3 is 0 Å². The van der Waals surface area contributed by atoms with E-state index in [0.29, 0.717) is 16.7 Å². The molecule has 0 unspecified atom stereocenters. The van der Waals surface area contributed by atoms with E-state index in [2.05, 4.69) is 15.0 Å². The fourth-order valence-corrected chi connectivity index (χ4v) is 3.31. The minimum atomic E-state index is -3.57.